The van der Waals surface area contributed by atoms with Gasteiger partial charge in [-0.1, -0.05) is 27.7 Å². The molecule has 0 N–H and O–H groups in total. The van der Waals surface area contributed by atoms with Gasteiger partial charge in [0.2, 0.25) is 0 Å². The van der Waals surface area contributed by atoms with E-state index in [9.17, 15) is 9.59 Å². The predicted molar refractivity (Wildman–Crippen MR) is 70.1 cm³/mol. The minimum absolute atomic E-state index is 0.107. The highest BCUT2D eigenvalue weighted by molar-refractivity contribution is 5.77. The molecule has 0 aliphatic rings. The summed E-state index contributed by atoms with van der Waals surface area (Å²) in [7, 11) is 0. The van der Waals surface area contributed by atoms with E-state index in [4.69, 9.17) is 9.47 Å². The molecular weight excluding hydrogens is 232 g/mol. The summed E-state index contributed by atoms with van der Waals surface area (Å²) >= 11 is 0. The van der Waals surface area contributed by atoms with Gasteiger partial charge >= 0.3 is 11.9 Å². The van der Waals surface area contributed by atoms with Crippen LogP contribution in [-0.4, -0.2) is 25.2 Å². The smallest absolute Gasteiger partial charge is 0.306 e. The lowest BCUT2D eigenvalue weighted by Crippen LogP contribution is -2.13. The Hall–Kier alpha value is -1.06. The minimum Gasteiger partial charge on any atom is -0.466 e. The molecule has 0 bridgehead atoms. The van der Waals surface area contributed by atoms with E-state index < -0.39 is 0 Å². The Labute approximate surface area is 110 Å². The van der Waals surface area contributed by atoms with Crippen molar-refractivity contribution in [3.05, 3.63) is 0 Å². The fourth-order valence-electron chi connectivity index (χ4n) is 1.29. The number of esters is 2. The number of carbonyl (C=O) groups excluding carboxylic acids is 2. The molecule has 106 valence electrons. The quantitative estimate of drug-likeness (QED) is 0.471. The van der Waals surface area contributed by atoms with Crippen molar-refractivity contribution in [2.24, 2.45) is 11.8 Å². The molecule has 0 unspecified atom stereocenters. The van der Waals surface area contributed by atoms with Crippen LogP contribution in [0.2, 0.25) is 0 Å². The van der Waals surface area contributed by atoms with E-state index in [1.54, 1.807) is 0 Å². The summed E-state index contributed by atoms with van der Waals surface area (Å²) in [5.41, 5.74) is 0. The Balaban J connectivity index is 3.49. The van der Waals surface area contributed by atoms with Crippen molar-refractivity contribution < 1.29 is 19.1 Å². The summed E-state index contributed by atoms with van der Waals surface area (Å²) in [6.07, 6.45) is 2.14. The number of ether oxygens (including phenoxy) is 2. The van der Waals surface area contributed by atoms with E-state index >= 15 is 0 Å². The summed E-state index contributed by atoms with van der Waals surface area (Å²) in [5, 5.41) is 0. The summed E-state index contributed by atoms with van der Waals surface area (Å²) in [4.78, 5) is 22.5. The highest BCUT2D eigenvalue weighted by atomic mass is 16.5. The second kappa shape index (κ2) is 9.92. The molecule has 0 spiro atoms. The SMILES string of the molecule is CC(C)CCCOC(=O)CCC(=O)OCC(C)C. The lowest BCUT2D eigenvalue weighted by molar-refractivity contribution is -0.151. The van der Waals surface area contributed by atoms with Crippen LogP contribution in [-0.2, 0) is 19.1 Å². The van der Waals surface area contributed by atoms with Gasteiger partial charge in [-0.2, -0.15) is 0 Å². The number of hydrogen-bond donors (Lipinski definition) is 0. The third-order valence-corrected chi connectivity index (χ3v) is 2.30. The molecule has 0 heterocycles. The van der Waals surface area contributed by atoms with E-state index in [0.29, 0.717) is 25.0 Å². The summed E-state index contributed by atoms with van der Waals surface area (Å²) in [6, 6.07) is 0. The average molecular weight is 258 g/mol. The van der Waals surface area contributed by atoms with Crippen molar-refractivity contribution in [1.29, 1.82) is 0 Å². The molecule has 0 fully saturated rings. The van der Waals surface area contributed by atoms with Gasteiger partial charge in [0.05, 0.1) is 26.1 Å². The topological polar surface area (TPSA) is 52.6 Å². The second-order valence-corrected chi connectivity index (χ2v) is 5.33. The Bertz CT molecular complexity index is 246. The maximum atomic E-state index is 11.3. The molecule has 4 heteroatoms. The maximum Gasteiger partial charge on any atom is 0.306 e. The lowest BCUT2D eigenvalue weighted by Gasteiger charge is -2.08. The minimum atomic E-state index is -0.331. The Kier molecular flexibility index (Phi) is 9.33. The first kappa shape index (κ1) is 16.9. The zero-order valence-electron chi connectivity index (χ0n) is 12.0. The molecule has 0 aromatic heterocycles. The molecule has 0 aliphatic carbocycles. The number of carbonyl (C=O) groups is 2. The largest absolute Gasteiger partial charge is 0.466 e. The standard InChI is InChI=1S/C14H26O4/c1-11(2)6-5-9-17-13(15)7-8-14(16)18-10-12(3)4/h11-12H,5-10H2,1-4H3. The maximum absolute atomic E-state index is 11.3. The third-order valence-electron chi connectivity index (χ3n) is 2.30. The van der Waals surface area contributed by atoms with Crippen LogP contribution in [0.5, 0.6) is 0 Å². The molecular formula is C14H26O4. The molecule has 0 saturated carbocycles. The van der Waals surface area contributed by atoms with Crippen LogP contribution in [0.3, 0.4) is 0 Å². The van der Waals surface area contributed by atoms with Gasteiger partial charge in [0.15, 0.2) is 0 Å². The van der Waals surface area contributed by atoms with E-state index in [0.717, 1.165) is 12.8 Å². The van der Waals surface area contributed by atoms with Gasteiger partial charge in [0.25, 0.3) is 0 Å². The first-order chi connectivity index (χ1) is 8.41. The second-order valence-electron chi connectivity index (χ2n) is 5.33. The van der Waals surface area contributed by atoms with Gasteiger partial charge in [-0.3, -0.25) is 9.59 Å². The van der Waals surface area contributed by atoms with Crippen molar-refractivity contribution in [3.8, 4) is 0 Å². The van der Waals surface area contributed by atoms with Crippen LogP contribution in [0, 0.1) is 11.8 Å². The summed E-state index contributed by atoms with van der Waals surface area (Å²) < 4.78 is 9.99. The average Bonchev–Trinajstić information content (AvgIpc) is 2.29. The molecule has 0 aromatic rings. The molecule has 0 radical (unpaired) electrons. The lowest BCUT2D eigenvalue weighted by atomic mass is 10.1. The Morgan fingerprint density at radius 3 is 1.94 bits per heavy atom. The highest BCUT2D eigenvalue weighted by Gasteiger charge is 2.09. The fraction of sp³-hybridized carbons (Fsp3) is 0.857. The van der Waals surface area contributed by atoms with E-state index in [2.05, 4.69) is 13.8 Å². The van der Waals surface area contributed by atoms with Gasteiger partial charge in [-0.05, 0) is 24.7 Å². The van der Waals surface area contributed by atoms with Crippen LogP contribution in [0.15, 0.2) is 0 Å². The predicted octanol–water partition coefficient (Wildman–Crippen LogP) is 2.95. The molecule has 0 saturated heterocycles. The Morgan fingerprint density at radius 2 is 1.44 bits per heavy atom. The van der Waals surface area contributed by atoms with Gasteiger partial charge in [0.1, 0.15) is 0 Å². The van der Waals surface area contributed by atoms with Crippen molar-refractivity contribution in [1.82, 2.24) is 0 Å². The van der Waals surface area contributed by atoms with Crippen molar-refractivity contribution >= 4 is 11.9 Å². The third kappa shape index (κ3) is 11.4. The molecule has 0 aliphatic heterocycles. The molecule has 0 amide bonds. The first-order valence-corrected chi connectivity index (χ1v) is 6.73. The van der Waals surface area contributed by atoms with Crippen molar-refractivity contribution in [2.45, 2.75) is 53.4 Å². The first-order valence-electron chi connectivity index (χ1n) is 6.73. The van der Waals surface area contributed by atoms with Crippen LogP contribution < -0.4 is 0 Å². The van der Waals surface area contributed by atoms with E-state index in [-0.39, 0.29) is 24.8 Å². The van der Waals surface area contributed by atoms with Crippen molar-refractivity contribution in [3.63, 3.8) is 0 Å². The molecule has 18 heavy (non-hydrogen) atoms. The molecule has 0 aromatic carbocycles. The fourth-order valence-corrected chi connectivity index (χ4v) is 1.29. The monoisotopic (exact) mass is 258 g/mol. The van der Waals surface area contributed by atoms with Crippen LogP contribution in [0.4, 0.5) is 0 Å². The zero-order chi connectivity index (χ0) is 14.0. The molecule has 0 atom stereocenters. The summed E-state index contributed by atoms with van der Waals surface area (Å²) in [6.45, 7) is 9.05. The van der Waals surface area contributed by atoms with E-state index in [1.165, 1.54) is 0 Å². The van der Waals surface area contributed by atoms with E-state index in [1.807, 2.05) is 13.8 Å². The van der Waals surface area contributed by atoms with Gasteiger partial charge in [-0.25, -0.2) is 0 Å². The Morgan fingerprint density at radius 1 is 0.889 bits per heavy atom. The van der Waals surface area contributed by atoms with Crippen molar-refractivity contribution in [2.75, 3.05) is 13.2 Å². The van der Waals surface area contributed by atoms with Gasteiger partial charge in [-0.15, -0.1) is 0 Å². The van der Waals surface area contributed by atoms with Crippen LogP contribution in [0.25, 0.3) is 0 Å². The summed E-state index contributed by atoms with van der Waals surface area (Å²) in [5.74, 6) is 0.287. The number of hydrogen-bond acceptors (Lipinski definition) is 4. The number of rotatable bonds is 9. The molecule has 0 rings (SSSR count). The normalized spacial score (nSPS) is 10.8. The zero-order valence-corrected chi connectivity index (χ0v) is 12.0. The highest BCUT2D eigenvalue weighted by Crippen LogP contribution is 2.04. The van der Waals surface area contributed by atoms with Crippen LogP contribution in [0.1, 0.15) is 53.4 Å². The van der Waals surface area contributed by atoms with Gasteiger partial charge < -0.3 is 9.47 Å². The van der Waals surface area contributed by atoms with Gasteiger partial charge in [0, 0.05) is 0 Å². The van der Waals surface area contributed by atoms with Crippen LogP contribution >= 0.6 is 0 Å². The molecule has 4 nitrogen and oxygen atoms in total.